The molecule has 90 heavy (non-hydrogen) atoms. The highest BCUT2D eigenvalue weighted by Gasteiger charge is 2.30. The minimum absolute atomic E-state index is 0.103. The van der Waals surface area contributed by atoms with E-state index in [2.05, 4.69) is 41.5 Å². The molecule has 0 saturated heterocycles. The number of ether oxygens (including phenoxy) is 4. The van der Waals surface area contributed by atoms with Gasteiger partial charge in [0.2, 0.25) is 0 Å². The van der Waals surface area contributed by atoms with Crippen molar-refractivity contribution in [3.63, 3.8) is 0 Å². The number of phosphoric ester groups is 2. The summed E-state index contributed by atoms with van der Waals surface area (Å²) >= 11 is 0. The molecule has 3 N–H and O–H groups in total. The van der Waals surface area contributed by atoms with E-state index in [4.69, 9.17) is 37.0 Å². The maximum absolute atomic E-state index is 13.0. The zero-order valence-corrected chi connectivity index (χ0v) is 60.2. The van der Waals surface area contributed by atoms with Crippen LogP contribution < -0.4 is 0 Å². The predicted octanol–water partition coefficient (Wildman–Crippen LogP) is 20.4. The molecule has 0 spiro atoms. The SMILES string of the molecule is CCCCCCCCCCCCCCCCCC(=O)OC[C@H](COP(=O)(O)OC[C@@H](O)COP(=O)(O)OC[C@@H](COC(=O)CCCCCCCCC)OC(=O)CCCCCCCCCC(C)C)OC(=O)CCCCCCCCCCCCCCCCC(C)CC. The van der Waals surface area contributed by atoms with Gasteiger partial charge in [-0.25, -0.2) is 9.13 Å². The molecule has 0 radical (unpaired) electrons. The summed E-state index contributed by atoms with van der Waals surface area (Å²) in [6.45, 7) is 9.51. The Morgan fingerprint density at radius 3 is 0.844 bits per heavy atom. The fourth-order valence-corrected chi connectivity index (χ4v) is 12.3. The highest BCUT2D eigenvalue weighted by molar-refractivity contribution is 7.47. The molecular formula is C71H138O17P2. The summed E-state index contributed by atoms with van der Waals surface area (Å²) in [5.74, 6) is -0.587. The molecule has 534 valence electrons. The van der Waals surface area contributed by atoms with E-state index in [9.17, 15) is 43.2 Å². The maximum Gasteiger partial charge on any atom is 0.472 e. The Morgan fingerprint density at radius 2 is 0.567 bits per heavy atom. The molecule has 0 aliphatic rings. The number of hydrogen-bond donors (Lipinski definition) is 3. The molecule has 0 aromatic rings. The van der Waals surface area contributed by atoms with Gasteiger partial charge in [-0.1, -0.05) is 311 Å². The zero-order valence-electron chi connectivity index (χ0n) is 58.4. The molecule has 0 fully saturated rings. The first-order valence-electron chi connectivity index (χ1n) is 37.0. The number of esters is 4. The molecule has 19 heteroatoms. The van der Waals surface area contributed by atoms with Crippen LogP contribution in [0.2, 0.25) is 0 Å². The highest BCUT2D eigenvalue weighted by atomic mass is 31.2. The van der Waals surface area contributed by atoms with Crippen molar-refractivity contribution in [3.05, 3.63) is 0 Å². The van der Waals surface area contributed by atoms with E-state index in [1.54, 1.807) is 0 Å². The van der Waals surface area contributed by atoms with Crippen molar-refractivity contribution in [2.75, 3.05) is 39.6 Å². The Balaban J connectivity index is 5.19. The van der Waals surface area contributed by atoms with Crippen LogP contribution in [0.4, 0.5) is 0 Å². The fraction of sp³-hybridized carbons (Fsp3) is 0.944. The summed E-state index contributed by atoms with van der Waals surface area (Å²) in [5.41, 5.74) is 0. The van der Waals surface area contributed by atoms with Gasteiger partial charge in [0.15, 0.2) is 12.2 Å². The lowest BCUT2D eigenvalue weighted by Gasteiger charge is -2.21. The third kappa shape index (κ3) is 63.5. The van der Waals surface area contributed by atoms with E-state index in [1.807, 2.05) is 0 Å². The van der Waals surface area contributed by atoms with Crippen LogP contribution in [0.15, 0.2) is 0 Å². The smallest absolute Gasteiger partial charge is 0.462 e. The summed E-state index contributed by atoms with van der Waals surface area (Å²) in [6, 6.07) is 0. The lowest BCUT2D eigenvalue weighted by atomic mass is 9.99. The molecule has 0 aliphatic heterocycles. The quantitative estimate of drug-likeness (QED) is 0.0222. The Labute approximate surface area is 549 Å². The van der Waals surface area contributed by atoms with E-state index < -0.39 is 97.5 Å². The van der Waals surface area contributed by atoms with Crippen LogP contribution in [0.25, 0.3) is 0 Å². The third-order valence-electron chi connectivity index (χ3n) is 16.8. The summed E-state index contributed by atoms with van der Waals surface area (Å²) in [5, 5.41) is 10.6. The van der Waals surface area contributed by atoms with Crippen molar-refractivity contribution in [1.29, 1.82) is 0 Å². The van der Waals surface area contributed by atoms with E-state index in [-0.39, 0.29) is 25.7 Å². The fourth-order valence-electron chi connectivity index (χ4n) is 10.7. The second kappa shape index (κ2) is 63.1. The molecule has 0 aliphatic carbocycles. The van der Waals surface area contributed by atoms with Crippen molar-refractivity contribution >= 4 is 39.5 Å². The normalized spacial score (nSPS) is 14.4. The first-order valence-corrected chi connectivity index (χ1v) is 40.0. The number of unbranched alkanes of at least 4 members (excludes halogenated alkanes) is 39. The second-order valence-electron chi connectivity index (χ2n) is 26.3. The summed E-state index contributed by atoms with van der Waals surface area (Å²) < 4.78 is 68.2. The van der Waals surface area contributed by atoms with Gasteiger partial charge in [0.25, 0.3) is 0 Å². The number of hydrogen-bond acceptors (Lipinski definition) is 15. The van der Waals surface area contributed by atoms with E-state index >= 15 is 0 Å². The van der Waals surface area contributed by atoms with Crippen LogP contribution in [0.1, 0.15) is 363 Å². The average molecular weight is 1330 g/mol. The summed E-state index contributed by atoms with van der Waals surface area (Å²) in [4.78, 5) is 72.4. The molecule has 0 aromatic heterocycles. The largest absolute Gasteiger partial charge is 0.472 e. The molecule has 3 unspecified atom stereocenters. The number of carbonyl (C=O) groups is 4. The minimum atomic E-state index is -4.95. The molecule has 0 rings (SSSR count). The molecule has 6 atom stereocenters. The van der Waals surface area contributed by atoms with Crippen molar-refractivity contribution in [3.8, 4) is 0 Å². The maximum atomic E-state index is 13.0. The standard InChI is InChI=1S/C71H138O17P2/c1-7-10-12-14-16-17-18-19-20-24-27-30-36-42-48-54-69(74)82-60-67(87-70(75)55-49-43-37-31-28-25-22-21-23-26-29-35-40-46-52-64(6)9-3)62-86-90(79,80)84-58-65(72)57-83-89(77,78)85-61-66(59-81-68(73)53-47-41-33-15-13-11-8-2)88-71(76)56-50-44-38-32-34-39-45-51-63(4)5/h63-67,72H,7-62H2,1-6H3,(H,77,78)(H,79,80)/t64?,65-,66+,67+/m0/s1. The van der Waals surface area contributed by atoms with Gasteiger partial charge < -0.3 is 33.8 Å². The van der Waals surface area contributed by atoms with Gasteiger partial charge in [-0.2, -0.15) is 0 Å². The number of carbonyl (C=O) groups excluding carboxylic acids is 4. The van der Waals surface area contributed by atoms with Crippen molar-refractivity contribution in [1.82, 2.24) is 0 Å². The minimum Gasteiger partial charge on any atom is -0.462 e. The van der Waals surface area contributed by atoms with Gasteiger partial charge in [0.1, 0.15) is 19.3 Å². The van der Waals surface area contributed by atoms with Gasteiger partial charge in [-0.3, -0.25) is 37.3 Å². The molecule has 0 aromatic carbocycles. The number of rotatable bonds is 70. The third-order valence-corrected chi connectivity index (χ3v) is 18.7. The molecular weight excluding hydrogens is 1190 g/mol. The molecule has 0 heterocycles. The number of aliphatic hydroxyl groups is 1. The second-order valence-corrected chi connectivity index (χ2v) is 29.3. The Hall–Kier alpha value is -1.94. The number of phosphoric acid groups is 2. The topological polar surface area (TPSA) is 237 Å². The van der Waals surface area contributed by atoms with Gasteiger partial charge in [-0.05, 0) is 37.5 Å². The lowest BCUT2D eigenvalue weighted by Crippen LogP contribution is -2.30. The van der Waals surface area contributed by atoms with Gasteiger partial charge in [-0.15, -0.1) is 0 Å². The van der Waals surface area contributed by atoms with E-state index in [1.165, 1.54) is 167 Å². The Bertz CT molecular complexity index is 1750. The monoisotopic (exact) mass is 1320 g/mol. The van der Waals surface area contributed by atoms with Crippen LogP contribution in [0, 0.1) is 11.8 Å². The summed E-state index contributed by atoms with van der Waals surface area (Å²) in [7, 11) is -9.90. The Morgan fingerprint density at radius 1 is 0.322 bits per heavy atom. The zero-order chi connectivity index (χ0) is 66.5. The number of aliphatic hydroxyl groups excluding tert-OH is 1. The van der Waals surface area contributed by atoms with E-state index in [0.717, 1.165) is 109 Å². The van der Waals surface area contributed by atoms with Crippen LogP contribution in [0.5, 0.6) is 0 Å². The van der Waals surface area contributed by atoms with Crippen molar-refractivity contribution in [2.24, 2.45) is 11.8 Å². The van der Waals surface area contributed by atoms with Crippen molar-refractivity contribution in [2.45, 2.75) is 381 Å². The highest BCUT2D eigenvalue weighted by Crippen LogP contribution is 2.45. The molecule has 17 nitrogen and oxygen atoms in total. The first kappa shape index (κ1) is 88.1. The van der Waals surface area contributed by atoms with Crippen LogP contribution >= 0.6 is 15.6 Å². The lowest BCUT2D eigenvalue weighted by molar-refractivity contribution is -0.161. The van der Waals surface area contributed by atoms with Crippen LogP contribution in [0.3, 0.4) is 0 Å². The first-order chi connectivity index (χ1) is 43.4. The van der Waals surface area contributed by atoms with Crippen LogP contribution in [-0.4, -0.2) is 96.7 Å². The molecule has 0 saturated carbocycles. The Kier molecular flexibility index (Phi) is 61.8. The van der Waals surface area contributed by atoms with Gasteiger partial charge in [0, 0.05) is 25.7 Å². The van der Waals surface area contributed by atoms with Gasteiger partial charge in [0.05, 0.1) is 26.4 Å². The van der Waals surface area contributed by atoms with Gasteiger partial charge >= 0.3 is 39.5 Å². The molecule has 0 amide bonds. The van der Waals surface area contributed by atoms with Crippen molar-refractivity contribution < 1.29 is 80.2 Å². The average Bonchev–Trinajstić information content (AvgIpc) is 3.60. The van der Waals surface area contributed by atoms with E-state index in [0.29, 0.717) is 31.6 Å². The molecule has 0 bridgehead atoms. The van der Waals surface area contributed by atoms with Crippen LogP contribution in [-0.2, 0) is 65.4 Å². The predicted molar refractivity (Wildman–Crippen MR) is 363 cm³/mol. The summed E-state index contributed by atoms with van der Waals surface area (Å²) in [6.07, 6.45) is 48.7.